The molecule has 1 saturated heterocycles. The first kappa shape index (κ1) is 20.9. The van der Waals surface area contributed by atoms with Crippen molar-refractivity contribution in [2.24, 2.45) is 10.7 Å². The van der Waals surface area contributed by atoms with Crippen molar-refractivity contribution in [3.05, 3.63) is 71.3 Å². The molecular weight excluding hydrogens is 362 g/mol. The maximum Gasteiger partial charge on any atom is 0.248 e. The minimum absolute atomic E-state index is 0.403. The number of primary amides is 1. The molecule has 1 aliphatic heterocycles. The van der Waals surface area contributed by atoms with Crippen LogP contribution < -0.4 is 16.4 Å². The average molecular weight is 394 g/mol. The van der Waals surface area contributed by atoms with Gasteiger partial charge in [-0.05, 0) is 43.0 Å². The van der Waals surface area contributed by atoms with Crippen molar-refractivity contribution in [1.29, 1.82) is 0 Å². The maximum absolute atomic E-state index is 11.2. The van der Waals surface area contributed by atoms with Crippen LogP contribution in [0.5, 0.6) is 0 Å². The molecule has 2 aromatic rings. The van der Waals surface area contributed by atoms with Crippen molar-refractivity contribution in [3.63, 3.8) is 0 Å². The van der Waals surface area contributed by atoms with Gasteiger partial charge in [0.25, 0.3) is 0 Å². The van der Waals surface area contributed by atoms with Crippen molar-refractivity contribution in [1.82, 2.24) is 15.5 Å². The van der Waals surface area contributed by atoms with Gasteiger partial charge >= 0.3 is 0 Å². The Morgan fingerprint density at radius 3 is 2.48 bits per heavy atom. The molecule has 2 aromatic carbocycles. The topological polar surface area (TPSA) is 82.7 Å². The number of likely N-dealkylation sites (tertiary alicyclic amines) is 1. The Balaban J connectivity index is 1.47. The van der Waals surface area contributed by atoms with Crippen LogP contribution in [-0.2, 0) is 13.1 Å². The Hall–Kier alpha value is -2.86. The van der Waals surface area contributed by atoms with Crippen LogP contribution in [0.15, 0.2) is 59.6 Å². The fourth-order valence-electron chi connectivity index (χ4n) is 3.77. The summed E-state index contributed by atoms with van der Waals surface area (Å²) in [5.74, 6) is 0.396. The Bertz CT molecular complexity index is 819. The standard InChI is InChI=1S/C23H31N5O/c1-17-14-21(12-13-28(17)16-19-6-4-3-5-7-19)27-23(25-2)26-15-18-8-10-20(11-9-18)22(24)29/h3-11,17,21H,12-16H2,1-2H3,(H2,24,29)(H2,25,26,27). The molecule has 4 N–H and O–H groups in total. The summed E-state index contributed by atoms with van der Waals surface area (Å²) in [7, 11) is 1.79. The molecule has 0 aromatic heterocycles. The van der Waals surface area contributed by atoms with Gasteiger partial charge in [-0.1, -0.05) is 42.5 Å². The SMILES string of the molecule is CN=C(NCc1ccc(C(N)=O)cc1)NC1CCN(Cc2ccccc2)C(C)C1. The van der Waals surface area contributed by atoms with E-state index in [-0.39, 0.29) is 0 Å². The molecule has 2 unspecified atom stereocenters. The molecule has 3 rings (SSSR count). The molecule has 1 aliphatic rings. The first-order valence-corrected chi connectivity index (χ1v) is 10.2. The number of carbonyl (C=O) groups is 1. The monoisotopic (exact) mass is 393 g/mol. The second-order valence-electron chi connectivity index (χ2n) is 7.66. The van der Waals surface area contributed by atoms with E-state index in [1.807, 2.05) is 12.1 Å². The number of nitrogens with zero attached hydrogens (tertiary/aromatic N) is 2. The van der Waals surface area contributed by atoms with Crippen LogP contribution in [0.3, 0.4) is 0 Å². The second kappa shape index (κ2) is 10.1. The number of rotatable bonds is 6. The number of nitrogens with one attached hydrogen (secondary N) is 2. The zero-order valence-electron chi connectivity index (χ0n) is 17.3. The van der Waals surface area contributed by atoms with Crippen LogP contribution in [-0.4, -0.2) is 42.4 Å². The molecule has 1 heterocycles. The number of hydrogen-bond donors (Lipinski definition) is 3. The number of benzene rings is 2. The average Bonchev–Trinajstić information content (AvgIpc) is 2.74. The molecule has 6 heteroatoms. The summed E-state index contributed by atoms with van der Waals surface area (Å²) in [5, 5.41) is 6.92. The Labute approximate surface area is 173 Å². The fraction of sp³-hybridized carbons (Fsp3) is 0.391. The van der Waals surface area contributed by atoms with E-state index in [0.29, 0.717) is 24.2 Å². The number of hydrogen-bond acceptors (Lipinski definition) is 3. The summed E-state index contributed by atoms with van der Waals surface area (Å²) in [6, 6.07) is 18.9. The summed E-state index contributed by atoms with van der Waals surface area (Å²) in [6.45, 7) is 5.01. The quantitative estimate of drug-likeness (QED) is 0.520. The van der Waals surface area contributed by atoms with E-state index in [1.54, 1.807) is 19.2 Å². The number of piperidine rings is 1. The molecule has 0 saturated carbocycles. The highest BCUT2D eigenvalue weighted by Crippen LogP contribution is 2.20. The molecule has 0 radical (unpaired) electrons. The lowest BCUT2D eigenvalue weighted by atomic mass is 9.97. The lowest BCUT2D eigenvalue weighted by Gasteiger charge is -2.38. The van der Waals surface area contributed by atoms with Crippen molar-refractivity contribution in [2.45, 2.75) is 44.9 Å². The van der Waals surface area contributed by atoms with Crippen LogP contribution in [0.4, 0.5) is 0 Å². The van der Waals surface area contributed by atoms with Crippen LogP contribution in [0.2, 0.25) is 0 Å². The van der Waals surface area contributed by atoms with E-state index in [0.717, 1.165) is 37.5 Å². The van der Waals surface area contributed by atoms with Gasteiger partial charge in [0.2, 0.25) is 5.91 Å². The molecule has 29 heavy (non-hydrogen) atoms. The summed E-state index contributed by atoms with van der Waals surface area (Å²) in [5.41, 5.74) is 8.25. The highest BCUT2D eigenvalue weighted by atomic mass is 16.1. The van der Waals surface area contributed by atoms with Gasteiger partial charge in [-0.2, -0.15) is 0 Å². The summed E-state index contributed by atoms with van der Waals surface area (Å²) in [4.78, 5) is 18.1. The van der Waals surface area contributed by atoms with Gasteiger partial charge in [0.05, 0.1) is 0 Å². The molecule has 0 spiro atoms. The summed E-state index contributed by atoms with van der Waals surface area (Å²) >= 11 is 0. The number of amides is 1. The molecule has 1 fully saturated rings. The van der Waals surface area contributed by atoms with E-state index in [2.05, 4.69) is 57.8 Å². The molecule has 0 aliphatic carbocycles. The van der Waals surface area contributed by atoms with E-state index in [1.165, 1.54) is 5.56 Å². The second-order valence-corrected chi connectivity index (χ2v) is 7.66. The summed E-state index contributed by atoms with van der Waals surface area (Å²) < 4.78 is 0. The maximum atomic E-state index is 11.2. The number of carbonyl (C=O) groups excluding carboxylic acids is 1. The van der Waals surface area contributed by atoms with Crippen LogP contribution in [0.25, 0.3) is 0 Å². The third kappa shape index (κ3) is 6.06. The number of nitrogens with two attached hydrogens (primary N) is 1. The molecule has 2 atom stereocenters. The highest BCUT2D eigenvalue weighted by Gasteiger charge is 2.25. The van der Waals surface area contributed by atoms with Gasteiger partial charge < -0.3 is 16.4 Å². The van der Waals surface area contributed by atoms with Crippen molar-refractivity contribution in [3.8, 4) is 0 Å². The third-order valence-corrected chi connectivity index (χ3v) is 5.51. The van der Waals surface area contributed by atoms with Gasteiger partial charge in [-0.25, -0.2) is 0 Å². The van der Waals surface area contributed by atoms with Gasteiger partial charge in [0.15, 0.2) is 5.96 Å². The van der Waals surface area contributed by atoms with Gasteiger partial charge in [-0.15, -0.1) is 0 Å². The highest BCUT2D eigenvalue weighted by molar-refractivity contribution is 5.92. The van der Waals surface area contributed by atoms with Gasteiger partial charge in [0.1, 0.15) is 0 Å². The Morgan fingerprint density at radius 2 is 1.86 bits per heavy atom. The minimum atomic E-state index is -0.408. The number of aliphatic imine (C=N–C) groups is 1. The van der Waals surface area contributed by atoms with Gasteiger partial charge in [0, 0.05) is 44.3 Å². The lowest BCUT2D eigenvalue weighted by Crippen LogP contribution is -2.51. The van der Waals surface area contributed by atoms with Crippen molar-refractivity contribution >= 4 is 11.9 Å². The van der Waals surface area contributed by atoms with Crippen LogP contribution >= 0.6 is 0 Å². The first-order valence-electron chi connectivity index (χ1n) is 10.2. The van der Waals surface area contributed by atoms with E-state index in [9.17, 15) is 4.79 Å². The molecule has 0 bridgehead atoms. The van der Waals surface area contributed by atoms with E-state index >= 15 is 0 Å². The first-order chi connectivity index (χ1) is 14.0. The normalized spacial score (nSPS) is 20.3. The fourth-order valence-corrected chi connectivity index (χ4v) is 3.77. The molecular formula is C23H31N5O. The minimum Gasteiger partial charge on any atom is -0.366 e. The Morgan fingerprint density at radius 1 is 1.14 bits per heavy atom. The number of guanidine groups is 1. The zero-order valence-corrected chi connectivity index (χ0v) is 17.3. The molecule has 1 amide bonds. The third-order valence-electron chi connectivity index (χ3n) is 5.51. The summed E-state index contributed by atoms with van der Waals surface area (Å²) in [6.07, 6.45) is 2.17. The van der Waals surface area contributed by atoms with Crippen LogP contribution in [0, 0.1) is 0 Å². The van der Waals surface area contributed by atoms with Crippen molar-refractivity contribution in [2.75, 3.05) is 13.6 Å². The largest absolute Gasteiger partial charge is 0.366 e. The van der Waals surface area contributed by atoms with Gasteiger partial charge in [-0.3, -0.25) is 14.7 Å². The van der Waals surface area contributed by atoms with Crippen LogP contribution in [0.1, 0.15) is 41.3 Å². The predicted molar refractivity (Wildman–Crippen MR) is 118 cm³/mol. The predicted octanol–water partition coefficient (Wildman–Crippen LogP) is 2.50. The Kier molecular flexibility index (Phi) is 7.25. The molecule has 154 valence electrons. The zero-order chi connectivity index (χ0) is 20.6. The molecule has 6 nitrogen and oxygen atoms in total. The van der Waals surface area contributed by atoms with Crippen molar-refractivity contribution < 1.29 is 4.79 Å². The van der Waals surface area contributed by atoms with E-state index < -0.39 is 5.91 Å². The smallest absolute Gasteiger partial charge is 0.248 e. The van der Waals surface area contributed by atoms with E-state index in [4.69, 9.17) is 5.73 Å². The lowest BCUT2D eigenvalue weighted by molar-refractivity contribution is 0.100.